The highest BCUT2D eigenvalue weighted by molar-refractivity contribution is 5.79. The first-order valence-corrected chi connectivity index (χ1v) is 6.07. The molecule has 2 rings (SSSR count). The molecule has 0 fully saturated rings. The van der Waals surface area contributed by atoms with Gasteiger partial charge in [-0.25, -0.2) is 4.79 Å². The number of carboxylic acids is 1. The van der Waals surface area contributed by atoms with Crippen LogP contribution in [-0.4, -0.2) is 16.2 Å². The molecule has 3 heteroatoms. The first-order valence-electron chi connectivity index (χ1n) is 6.07. The predicted molar refractivity (Wildman–Crippen MR) is 73.9 cm³/mol. The van der Waals surface area contributed by atoms with Crippen LogP contribution >= 0.6 is 0 Å². The van der Waals surface area contributed by atoms with Crippen molar-refractivity contribution in [2.75, 3.05) is 0 Å². The zero-order valence-electron chi connectivity index (χ0n) is 10.9. The summed E-state index contributed by atoms with van der Waals surface area (Å²) in [6.07, 6.45) is -1.50. The molecular weight excluding hydrogens is 240 g/mol. The van der Waals surface area contributed by atoms with Gasteiger partial charge in [-0.3, -0.25) is 0 Å². The third-order valence-corrected chi connectivity index (χ3v) is 3.02. The summed E-state index contributed by atoms with van der Waals surface area (Å²) in [5.41, 5.74) is 4.31. The van der Waals surface area contributed by atoms with E-state index in [1.54, 1.807) is 12.1 Å². The van der Waals surface area contributed by atoms with Crippen molar-refractivity contribution in [1.82, 2.24) is 0 Å². The number of hydrogen-bond donors (Lipinski definition) is 2. The Morgan fingerprint density at radius 1 is 1.05 bits per heavy atom. The summed E-state index contributed by atoms with van der Waals surface area (Å²) in [4.78, 5) is 11.0. The summed E-state index contributed by atoms with van der Waals surface area (Å²) in [5.74, 6) is -1.24. The Labute approximate surface area is 112 Å². The number of aliphatic hydroxyl groups is 1. The number of carbonyl (C=O) groups is 1. The highest BCUT2D eigenvalue weighted by Gasteiger charge is 2.19. The van der Waals surface area contributed by atoms with Crippen LogP contribution in [0.3, 0.4) is 0 Å². The lowest BCUT2D eigenvalue weighted by Gasteiger charge is -2.13. The van der Waals surface area contributed by atoms with Crippen molar-refractivity contribution in [3.8, 4) is 11.1 Å². The van der Waals surface area contributed by atoms with Gasteiger partial charge in [-0.05, 0) is 30.5 Å². The second kappa shape index (κ2) is 5.24. The van der Waals surface area contributed by atoms with Gasteiger partial charge in [0.1, 0.15) is 0 Å². The van der Waals surface area contributed by atoms with E-state index in [2.05, 4.69) is 6.07 Å². The Morgan fingerprint density at radius 2 is 1.63 bits per heavy atom. The Kier molecular flexibility index (Phi) is 3.67. The summed E-state index contributed by atoms with van der Waals surface area (Å²) in [6.45, 7) is 3.99. The molecule has 0 amide bonds. The van der Waals surface area contributed by atoms with Crippen molar-refractivity contribution in [3.63, 3.8) is 0 Å². The largest absolute Gasteiger partial charge is 0.479 e. The average molecular weight is 256 g/mol. The van der Waals surface area contributed by atoms with Gasteiger partial charge in [-0.2, -0.15) is 0 Å². The molecule has 2 N–H and O–H groups in total. The van der Waals surface area contributed by atoms with Crippen LogP contribution in [0.5, 0.6) is 0 Å². The van der Waals surface area contributed by atoms with Gasteiger partial charge in [0, 0.05) is 0 Å². The summed E-state index contributed by atoms with van der Waals surface area (Å²) in [6, 6.07) is 13.1. The Balaban J connectivity index is 2.59. The smallest absolute Gasteiger partial charge is 0.337 e. The van der Waals surface area contributed by atoms with Crippen molar-refractivity contribution >= 4 is 5.97 Å². The van der Waals surface area contributed by atoms with E-state index in [9.17, 15) is 9.90 Å². The van der Waals surface area contributed by atoms with Crippen molar-refractivity contribution in [2.45, 2.75) is 20.0 Å². The Hall–Kier alpha value is -2.13. The van der Waals surface area contributed by atoms with Gasteiger partial charge in [0.05, 0.1) is 0 Å². The first kappa shape index (κ1) is 13.3. The van der Waals surface area contributed by atoms with Gasteiger partial charge in [0.15, 0.2) is 6.10 Å². The second-order valence-corrected chi connectivity index (χ2v) is 4.70. The predicted octanol–water partition coefficient (Wildman–Crippen LogP) is 3.09. The lowest BCUT2D eigenvalue weighted by atomic mass is 9.94. The van der Waals surface area contributed by atoms with E-state index in [1.165, 1.54) is 0 Å². The zero-order chi connectivity index (χ0) is 14.0. The standard InChI is InChI=1S/C16H16O3/c1-10-7-11(2)9-12(8-10)13-5-3-4-6-14(13)15(17)16(18)19/h3-9,15,17H,1-2H3,(H,18,19). The van der Waals surface area contributed by atoms with Crippen LogP contribution in [0.1, 0.15) is 22.8 Å². The fraction of sp³-hybridized carbons (Fsp3) is 0.188. The van der Waals surface area contributed by atoms with Gasteiger partial charge in [0.2, 0.25) is 0 Å². The molecule has 0 aliphatic heterocycles. The van der Waals surface area contributed by atoms with Crippen LogP contribution in [0.15, 0.2) is 42.5 Å². The van der Waals surface area contributed by atoms with Crippen LogP contribution in [0.25, 0.3) is 11.1 Å². The van der Waals surface area contributed by atoms with Gasteiger partial charge in [-0.15, -0.1) is 0 Å². The number of carboxylic acid groups (broad SMARTS) is 1. The fourth-order valence-corrected chi connectivity index (χ4v) is 2.26. The molecule has 0 aromatic heterocycles. The molecular formula is C16H16O3. The molecule has 0 saturated heterocycles. The van der Waals surface area contributed by atoms with Crippen molar-refractivity contribution < 1.29 is 15.0 Å². The number of benzene rings is 2. The maximum atomic E-state index is 11.0. The Morgan fingerprint density at radius 3 is 2.21 bits per heavy atom. The van der Waals surface area contributed by atoms with Crippen molar-refractivity contribution in [1.29, 1.82) is 0 Å². The van der Waals surface area contributed by atoms with E-state index in [4.69, 9.17) is 5.11 Å². The summed E-state index contributed by atoms with van der Waals surface area (Å²) in [5, 5.41) is 18.7. The molecule has 0 aliphatic carbocycles. The first-order chi connectivity index (χ1) is 8.99. The van der Waals surface area contributed by atoms with Crippen LogP contribution in [0.2, 0.25) is 0 Å². The van der Waals surface area contributed by atoms with E-state index in [1.807, 2.05) is 38.1 Å². The van der Waals surface area contributed by atoms with Crippen LogP contribution < -0.4 is 0 Å². The van der Waals surface area contributed by atoms with E-state index in [0.29, 0.717) is 5.56 Å². The minimum atomic E-state index is -1.50. The number of aryl methyl sites for hydroxylation is 2. The molecule has 1 unspecified atom stereocenters. The fourth-order valence-electron chi connectivity index (χ4n) is 2.26. The molecule has 2 aromatic carbocycles. The molecule has 0 saturated carbocycles. The van der Waals surface area contributed by atoms with Crippen LogP contribution in [0.4, 0.5) is 0 Å². The average Bonchev–Trinajstić information content (AvgIpc) is 2.36. The molecule has 0 radical (unpaired) electrons. The van der Waals surface area contributed by atoms with Gasteiger partial charge < -0.3 is 10.2 Å². The molecule has 0 aliphatic rings. The topological polar surface area (TPSA) is 57.5 Å². The molecule has 19 heavy (non-hydrogen) atoms. The number of rotatable bonds is 3. The minimum absolute atomic E-state index is 0.417. The molecule has 3 nitrogen and oxygen atoms in total. The SMILES string of the molecule is Cc1cc(C)cc(-c2ccccc2C(O)C(=O)O)c1. The van der Waals surface area contributed by atoms with E-state index >= 15 is 0 Å². The van der Waals surface area contributed by atoms with Gasteiger partial charge in [0.25, 0.3) is 0 Å². The molecule has 2 aromatic rings. The summed E-state index contributed by atoms with van der Waals surface area (Å²) in [7, 11) is 0. The van der Waals surface area contributed by atoms with Gasteiger partial charge in [-0.1, -0.05) is 53.6 Å². The van der Waals surface area contributed by atoms with Gasteiger partial charge >= 0.3 is 5.97 Å². The maximum absolute atomic E-state index is 11.0. The lowest BCUT2D eigenvalue weighted by molar-refractivity contribution is -0.146. The number of aliphatic hydroxyl groups excluding tert-OH is 1. The van der Waals surface area contributed by atoms with Crippen LogP contribution in [-0.2, 0) is 4.79 Å². The molecule has 1 atom stereocenters. The summed E-state index contributed by atoms with van der Waals surface area (Å²) >= 11 is 0. The second-order valence-electron chi connectivity index (χ2n) is 4.70. The maximum Gasteiger partial charge on any atom is 0.337 e. The number of aliphatic carboxylic acids is 1. The highest BCUT2D eigenvalue weighted by Crippen LogP contribution is 2.29. The van der Waals surface area contributed by atoms with Crippen molar-refractivity contribution in [3.05, 3.63) is 59.2 Å². The molecule has 98 valence electrons. The Bertz CT molecular complexity index is 597. The van der Waals surface area contributed by atoms with E-state index < -0.39 is 12.1 Å². The van der Waals surface area contributed by atoms with E-state index in [-0.39, 0.29) is 0 Å². The lowest BCUT2D eigenvalue weighted by Crippen LogP contribution is -2.11. The normalized spacial score (nSPS) is 12.2. The van der Waals surface area contributed by atoms with Crippen LogP contribution in [0, 0.1) is 13.8 Å². The third kappa shape index (κ3) is 2.83. The highest BCUT2D eigenvalue weighted by atomic mass is 16.4. The summed E-state index contributed by atoms with van der Waals surface area (Å²) < 4.78 is 0. The monoisotopic (exact) mass is 256 g/mol. The van der Waals surface area contributed by atoms with Crippen molar-refractivity contribution in [2.24, 2.45) is 0 Å². The minimum Gasteiger partial charge on any atom is -0.479 e. The molecule has 0 spiro atoms. The molecule has 0 bridgehead atoms. The molecule has 0 heterocycles. The number of hydrogen-bond acceptors (Lipinski definition) is 2. The van der Waals surface area contributed by atoms with E-state index in [0.717, 1.165) is 22.3 Å². The zero-order valence-corrected chi connectivity index (χ0v) is 10.9. The third-order valence-electron chi connectivity index (χ3n) is 3.02. The quantitative estimate of drug-likeness (QED) is 0.887.